The number of halogens is 1. The largest absolute Gasteiger partial charge is 0.278 e. The maximum atomic E-state index is 12.5. The molecule has 1 saturated carbocycles. The summed E-state index contributed by atoms with van der Waals surface area (Å²) in [4.78, 5) is 26.5. The van der Waals surface area contributed by atoms with Gasteiger partial charge in [-0.15, -0.1) is 0 Å². The van der Waals surface area contributed by atoms with Gasteiger partial charge in [0.1, 0.15) is 0 Å². The van der Waals surface area contributed by atoms with Crippen molar-refractivity contribution in [2.75, 3.05) is 0 Å². The van der Waals surface area contributed by atoms with Gasteiger partial charge in [-0.2, -0.15) is 0 Å². The molecule has 0 aromatic heterocycles. The zero-order valence-electron chi connectivity index (χ0n) is 10.8. The summed E-state index contributed by atoms with van der Waals surface area (Å²) in [6, 6.07) is 7.77. The number of fused-ring (bicyclic) bond motifs is 5. The molecule has 3 nitrogen and oxygen atoms in total. The number of nitrogens with zero attached hydrogens (tertiary/aromatic N) is 1. The molecule has 2 aliphatic carbocycles. The van der Waals surface area contributed by atoms with Crippen molar-refractivity contribution in [1.29, 1.82) is 0 Å². The van der Waals surface area contributed by atoms with Crippen LogP contribution in [0.2, 0.25) is 0 Å². The van der Waals surface area contributed by atoms with E-state index in [9.17, 15) is 9.59 Å². The Kier molecular flexibility index (Phi) is 2.64. The highest BCUT2D eigenvalue weighted by Gasteiger charge is 2.59. The van der Waals surface area contributed by atoms with Crippen LogP contribution in [0.5, 0.6) is 0 Å². The fraction of sp³-hybridized carbons (Fsp3) is 0.375. The van der Waals surface area contributed by atoms with Crippen molar-refractivity contribution in [3.63, 3.8) is 0 Å². The normalized spacial score (nSPS) is 34.1. The summed E-state index contributed by atoms with van der Waals surface area (Å²) in [5.74, 6) is 0.452. The summed E-state index contributed by atoms with van der Waals surface area (Å²) >= 11 is 3.39. The van der Waals surface area contributed by atoms with Crippen molar-refractivity contribution in [2.24, 2.45) is 23.7 Å². The lowest BCUT2D eigenvalue weighted by molar-refractivity contribution is -0.141. The van der Waals surface area contributed by atoms with Gasteiger partial charge in [0.25, 0.3) is 0 Å². The Hall–Kier alpha value is -1.42. The smallest absolute Gasteiger partial charge is 0.234 e. The lowest BCUT2D eigenvalue weighted by atomic mass is 9.85. The lowest BCUT2D eigenvalue weighted by Crippen LogP contribution is -2.32. The van der Waals surface area contributed by atoms with E-state index in [1.165, 1.54) is 4.90 Å². The second-order valence-electron chi connectivity index (χ2n) is 5.89. The summed E-state index contributed by atoms with van der Waals surface area (Å²) in [6.07, 6.45) is 5.24. The zero-order chi connectivity index (χ0) is 13.9. The van der Waals surface area contributed by atoms with Gasteiger partial charge >= 0.3 is 0 Å². The second kappa shape index (κ2) is 4.29. The molecule has 0 unspecified atom stereocenters. The number of likely N-dealkylation sites (tertiary alicyclic amines) is 1. The number of carbonyl (C=O) groups excluding carboxylic acids is 2. The Morgan fingerprint density at radius 1 is 1.00 bits per heavy atom. The minimum absolute atomic E-state index is 0.0276. The third-order valence-electron chi connectivity index (χ3n) is 4.82. The molecule has 1 saturated heterocycles. The van der Waals surface area contributed by atoms with Gasteiger partial charge in [-0.1, -0.05) is 40.2 Å². The Morgan fingerprint density at radius 3 is 2.10 bits per heavy atom. The second-order valence-corrected chi connectivity index (χ2v) is 6.80. The van der Waals surface area contributed by atoms with E-state index >= 15 is 0 Å². The van der Waals surface area contributed by atoms with Crippen LogP contribution in [0.1, 0.15) is 12.0 Å². The molecule has 2 amide bonds. The van der Waals surface area contributed by atoms with E-state index in [1.807, 2.05) is 24.3 Å². The predicted octanol–water partition coefficient (Wildman–Crippen LogP) is 2.76. The molecule has 2 fully saturated rings. The third-order valence-corrected chi connectivity index (χ3v) is 5.34. The third kappa shape index (κ3) is 1.64. The van der Waals surface area contributed by atoms with E-state index in [1.54, 1.807) is 0 Å². The first-order valence-electron chi connectivity index (χ1n) is 6.93. The van der Waals surface area contributed by atoms with Crippen molar-refractivity contribution in [1.82, 2.24) is 4.90 Å². The molecule has 1 aromatic carbocycles. The van der Waals surface area contributed by atoms with E-state index < -0.39 is 0 Å². The number of carbonyl (C=O) groups is 2. The molecule has 1 aliphatic heterocycles. The van der Waals surface area contributed by atoms with Gasteiger partial charge in [0, 0.05) is 4.47 Å². The van der Waals surface area contributed by atoms with Gasteiger partial charge in [-0.05, 0) is 36.0 Å². The first kappa shape index (κ1) is 12.3. The monoisotopic (exact) mass is 331 g/mol. The van der Waals surface area contributed by atoms with Crippen molar-refractivity contribution >= 4 is 27.7 Å². The Bertz CT molecular complexity index is 592. The van der Waals surface area contributed by atoms with Crippen molar-refractivity contribution in [3.05, 3.63) is 46.5 Å². The van der Waals surface area contributed by atoms with Gasteiger partial charge in [0.2, 0.25) is 11.8 Å². The van der Waals surface area contributed by atoms with Crippen LogP contribution in [-0.4, -0.2) is 16.7 Å². The van der Waals surface area contributed by atoms with E-state index in [2.05, 4.69) is 28.1 Å². The van der Waals surface area contributed by atoms with Crippen LogP contribution in [0.4, 0.5) is 0 Å². The predicted molar refractivity (Wildman–Crippen MR) is 77.4 cm³/mol. The van der Waals surface area contributed by atoms with Crippen LogP contribution in [0, 0.1) is 23.7 Å². The fourth-order valence-corrected chi connectivity index (χ4v) is 4.16. The van der Waals surface area contributed by atoms with Crippen LogP contribution >= 0.6 is 15.9 Å². The number of hydrogen-bond acceptors (Lipinski definition) is 2. The van der Waals surface area contributed by atoms with E-state index in [0.717, 1.165) is 16.5 Å². The van der Waals surface area contributed by atoms with Crippen molar-refractivity contribution in [3.8, 4) is 0 Å². The zero-order valence-corrected chi connectivity index (χ0v) is 12.4. The molecule has 4 atom stereocenters. The first-order valence-corrected chi connectivity index (χ1v) is 7.72. The number of hydrogen-bond donors (Lipinski definition) is 0. The lowest BCUT2D eigenvalue weighted by Gasteiger charge is -2.17. The Labute approximate surface area is 125 Å². The number of amides is 2. The molecule has 0 N–H and O–H groups in total. The molecular weight excluding hydrogens is 318 g/mol. The van der Waals surface area contributed by atoms with Crippen LogP contribution in [0.15, 0.2) is 40.9 Å². The molecule has 0 spiro atoms. The Morgan fingerprint density at radius 2 is 1.55 bits per heavy atom. The number of allylic oxidation sites excluding steroid dienone is 2. The molecule has 1 aromatic rings. The summed E-state index contributed by atoms with van der Waals surface area (Å²) in [5.41, 5.74) is 0.996. The van der Waals surface area contributed by atoms with E-state index in [4.69, 9.17) is 0 Å². The maximum Gasteiger partial charge on any atom is 0.234 e. The van der Waals surface area contributed by atoms with Gasteiger partial charge in [0.05, 0.1) is 18.4 Å². The average Bonchev–Trinajstić information content (AvgIpc) is 3.11. The molecule has 0 radical (unpaired) electrons. The standard InChI is InChI=1S/C16H14BrNO2/c17-12-5-1-9(2-6-12)8-18-15(19)13-10-3-4-11(7-10)14(13)16(18)20/h1-6,10-11,13-14H,7-8H2/t10-,11-,13-,14-/m0/s1. The molecule has 20 heavy (non-hydrogen) atoms. The molecular formula is C16H14BrNO2. The fourth-order valence-electron chi connectivity index (χ4n) is 3.89. The first-order chi connectivity index (χ1) is 9.65. The molecule has 4 rings (SSSR count). The topological polar surface area (TPSA) is 37.4 Å². The van der Waals surface area contributed by atoms with Gasteiger partial charge in [-0.3, -0.25) is 14.5 Å². The minimum Gasteiger partial charge on any atom is -0.278 e. The van der Waals surface area contributed by atoms with E-state index in [0.29, 0.717) is 6.54 Å². The van der Waals surface area contributed by atoms with Gasteiger partial charge in [0.15, 0.2) is 0 Å². The highest BCUT2D eigenvalue weighted by molar-refractivity contribution is 9.10. The van der Waals surface area contributed by atoms with Crippen LogP contribution in [0.25, 0.3) is 0 Å². The van der Waals surface area contributed by atoms with Crippen molar-refractivity contribution < 1.29 is 9.59 Å². The van der Waals surface area contributed by atoms with Crippen LogP contribution < -0.4 is 0 Å². The summed E-state index contributed by atoms with van der Waals surface area (Å²) in [7, 11) is 0. The minimum atomic E-state index is -0.0899. The van der Waals surface area contributed by atoms with Crippen LogP contribution in [-0.2, 0) is 16.1 Å². The number of benzene rings is 1. The molecule has 3 aliphatic rings. The molecule has 4 heteroatoms. The number of imide groups is 1. The van der Waals surface area contributed by atoms with Gasteiger partial charge < -0.3 is 0 Å². The molecule has 2 bridgehead atoms. The summed E-state index contributed by atoms with van der Waals surface area (Å²) in [6.45, 7) is 0.400. The van der Waals surface area contributed by atoms with Crippen LogP contribution in [0.3, 0.4) is 0 Å². The highest BCUT2D eigenvalue weighted by Crippen LogP contribution is 2.52. The quantitative estimate of drug-likeness (QED) is 0.617. The summed E-state index contributed by atoms with van der Waals surface area (Å²) in [5, 5.41) is 0. The van der Waals surface area contributed by atoms with E-state index in [-0.39, 0.29) is 35.5 Å². The maximum absolute atomic E-state index is 12.5. The average molecular weight is 332 g/mol. The summed E-state index contributed by atoms with van der Waals surface area (Å²) < 4.78 is 0.999. The number of rotatable bonds is 2. The molecule has 1 heterocycles. The molecule has 102 valence electrons. The van der Waals surface area contributed by atoms with Crippen molar-refractivity contribution in [2.45, 2.75) is 13.0 Å². The SMILES string of the molecule is O=C1[C@@H]2[C@@H](C(=O)N1Cc1ccc(Br)cc1)[C@H]1C=C[C@H]2C1. The Balaban J connectivity index is 1.60. The van der Waals surface area contributed by atoms with Gasteiger partial charge in [-0.25, -0.2) is 0 Å². The highest BCUT2D eigenvalue weighted by atomic mass is 79.9.